The van der Waals surface area contributed by atoms with Crippen molar-refractivity contribution in [1.82, 2.24) is 4.98 Å². The molecule has 0 aliphatic rings. The number of hydrogen-bond acceptors (Lipinski definition) is 2. The molecule has 0 bridgehead atoms. The molecule has 0 saturated carbocycles. The Kier molecular flexibility index (Phi) is 4.29. The van der Waals surface area contributed by atoms with E-state index in [1.807, 2.05) is 36.4 Å². The van der Waals surface area contributed by atoms with Crippen LogP contribution < -0.4 is 0 Å². The van der Waals surface area contributed by atoms with Crippen LogP contribution in [0.4, 0.5) is 0 Å². The van der Waals surface area contributed by atoms with Crippen LogP contribution in [-0.2, 0) is 12.8 Å². The van der Waals surface area contributed by atoms with Crippen LogP contribution >= 0.6 is 15.9 Å². The van der Waals surface area contributed by atoms with Crippen LogP contribution in [0.25, 0.3) is 0 Å². The van der Waals surface area contributed by atoms with Crippen LogP contribution in [0.15, 0.2) is 53.3 Å². The minimum absolute atomic E-state index is 0.355. The van der Waals surface area contributed by atoms with E-state index in [-0.39, 0.29) is 6.10 Å². The average molecular weight is 292 g/mol. The molecule has 1 heterocycles. The zero-order valence-corrected chi connectivity index (χ0v) is 11.0. The molecule has 88 valence electrons. The van der Waals surface area contributed by atoms with Crippen LogP contribution in [0.1, 0.15) is 11.1 Å². The predicted octanol–water partition coefficient (Wildman–Crippen LogP) is 2.99. The van der Waals surface area contributed by atoms with Gasteiger partial charge < -0.3 is 5.11 Å². The van der Waals surface area contributed by atoms with Gasteiger partial charge in [0.2, 0.25) is 0 Å². The molecule has 1 unspecified atom stereocenters. The first kappa shape index (κ1) is 12.3. The van der Waals surface area contributed by atoms with E-state index in [9.17, 15) is 5.11 Å². The number of benzene rings is 1. The highest BCUT2D eigenvalue weighted by Crippen LogP contribution is 2.14. The highest BCUT2D eigenvalue weighted by atomic mass is 79.9. The Bertz CT molecular complexity index is 473. The smallest absolute Gasteiger partial charge is 0.0620 e. The molecule has 1 N–H and O–H groups in total. The molecule has 1 aromatic carbocycles. The van der Waals surface area contributed by atoms with Crippen molar-refractivity contribution in [2.75, 3.05) is 0 Å². The Balaban J connectivity index is 1.96. The third-order valence-electron chi connectivity index (χ3n) is 2.58. The molecular formula is C14H14BrNO. The van der Waals surface area contributed by atoms with Crippen molar-refractivity contribution in [1.29, 1.82) is 0 Å². The summed E-state index contributed by atoms with van der Waals surface area (Å²) in [5, 5.41) is 10.0. The van der Waals surface area contributed by atoms with Gasteiger partial charge in [0.05, 0.1) is 6.10 Å². The quantitative estimate of drug-likeness (QED) is 0.939. The van der Waals surface area contributed by atoms with E-state index in [0.29, 0.717) is 12.8 Å². The van der Waals surface area contributed by atoms with Gasteiger partial charge in [-0.2, -0.15) is 0 Å². The lowest BCUT2D eigenvalue weighted by molar-refractivity contribution is 0.175. The van der Waals surface area contributed by atoms with Crippen LogP contribution in [0, 0.1) is 0 Å². The van der Waals surface area contributed by atoms with Crippen LogP contribution in [-0.4, -0.2) is 16.2 Å². The zero-order valence-electron chi connectivity index (χ0n) is 9.38. The molecule has 3 heteroatoms. The van der Waals surface area contributed by atoms with Crippen LogP contribution in [0.2, 0.25) is 0 Å². The zero-order chi connectivity index (χ0) is 12.1. The molecule has 1 aromatic heterocycles. The fourth-order valence-corrected chi connectivity index (χ4v) is 2.25. The van der Waals surface area contributed by atoms with Gasteiger partial charge in [0.25, 0.3) is 0 Å². The number of aliphatic hydroxyl groups excluding tert-OH is 1. The number of hydrogen-bond donors (Lipinski definition) is 1. The maximum atomic E-state index is 10.0. The fraction of sp³-hybridized carbons (Fsp3) is 0.214. The summed E-state index contributed by atoms with van der Waals surface area (Å²) < 4.78 is 1.05. The van der Waals surface area contributed by atoms with E-state index in [1.165, 1.54) is 0 Å². The molecular weight excluding hydrogens is 278 g/mol. The van der Waals surface area contributed by atoms with Crippen molar-refractivity contribution in [2.24, 2.45) is 0 Å². The Morgan fingerprint density at radius 2 is 1.76 bits per heavy atom. The lowest BCUT2D eigenvalue weighted by atomic mass is 10.0. The fourth-order valence-electron chi connectivity index (χ4n) is 1.80. The Hall–Kier alpha value is -1.19. The number of nitrogens with zero attached hydrogens (tertiary/aromatic N) is 1. The maximum Gasteiger partial charge on any atom is 0.0620 e. The van der Waals surface area contributed by atoms with Gasteiger partial charge in [-0.15, -0.1) is 0 Å². The molecule has 2 nitrogen and oxygen atoms in total. The van der Waals surface area contributed by atoms with Gasteiger partial charge in [0.1, 0.15) is 0 Å². The summed E-state index contributed by atoms with van der Waals surface area (Å²) in [4.78, 5) is 3.96. The molecule has 0 aliphatic heterocycles. The molecule has 0 fully saturated rings. The number of halogens is 1. The third kappa shape index (κ3) is 3.95. The van der Waals surface area contributed by atoms with Gasteiger partial charge in [-0.25, -0.2) is 0 Å². The summed E-state index contributed by atoms with van der Waals surface area (Å²) in [6, 6.07) is 11.9. The average Bonchev–Trinajstić information content (AvgIpc) is 2.30. The highest BCUT2D eigenvalue weighted by molar-refractivity contribution is 9.10. The van der Waals surface area contributed by atoms with Crippen molar-refractivity contribution >= 4 is 15.9 Å². The third-order valence-corrected chi connectivity index (χ3v) is 3.07. The molecule has 0 saturated heterocycles. The van der Waals surface area contributed by atoms with E-state index in [4.69, 9.17) is 0 Å². The minimum Gasteiger partial charge on any atom is -0.392 e. The van der Waals surface area contributed by atoms with Gasteiger partial charge in [-0.1, -0.05) is 28.1 Å². The summed E-state index contributed by atoms with van der Waals surface area (Å²) in [6.07, 6.45) is 4.48. The number of pyridine rings is 1. The van der Waals surface area contributed by atoms with Gasteiger partial charge >= 0.3 is 0 Å². The number of rotatable bonds is 4. The highest BCUT2D eigenvalue weighted by Gasteiger charge is 2.07. The topological polar surface area (TPSA) is 33.1 Å². The molecule has 0 radical (unpaired) electrons. The number of aromatic nitrogens is 1. The lowest BCUT2D eigenvalue weighted by Crippen LogP contribution is -2.13. The monoisotopic (exact) mass is 291 g/mol. The molecule has 0 amide bonds. The van der Waals surface area contributed by atoms with Gasteiger partial charge in [0.15, 0.2) is 0 Å². The summed E-state index contributed by atoms with van der Waals surface area (Å²) in [7, 11) is 0. The SMILES string of the molecule is OC(Cc1ccncc1)Cc1cccc(Br)c1. The summed E-state index contributed by atoms with van der Waals surface area (Å²) in [6.45, 7) is 0. The van der Waals surface area contributed by atoms with Crippen molar-refractivity contribution < 1.29 is 5.11 Å². The van der Waals surface area contributed by atoms with Crippen molar-refractivity contribution in [3.05, 3.63) is 64.4 Å². The summed E-state index contributed by atoms with van der Waals surface area (Å²) in [5.41, 5.74) is 2.25. The van der Waals surface area contributed by atoms with E-state index < -0.39 is 0 Å². The van der Waals surface area contributed by atoms with Crippen molar-refractivity contribution in [3.63, 3.8) is 0 Å². The largest absolute Gasteiger partial charge is 0.392 e. The first-order valence-electron chi connectivity index (χ1n) is 5.55. The summed E-state index contributed by atoms with van der Waals surface area (Å²) in [5.74, 6) is 0. The van der Waals surface area contributed by atoms with Crippen molar-refractivity contribution in [2.45, 2.75) is 18.9 Å². The molecule has 2 rings (SSSR count). The first-order chi connectivity index (χ1) is 8.24. The van der Waals surface area contributed by atoms with Crippen LogP contribution in [0.5, 0.6) is 0 Å². The molecule has 1 atom stereocenters. The molecule has 0 spiro atoms. The second kappa shape index (κ2) is 5.94. The van der Waals surface area contributed by atoms with Gasteiger partial charge in [-0.05, 0) is 48.2 Å². The van der Waals surface area contributed by atoms with Crippen molar-refractivity contribution in [3.8, 4) is 0 Å². The van der Waals surface area contributed by atoms with Gasteiger partial charge in [0, 0.05) is 16.9 Å². The van der Waals surface area contributed by atoms with E-state index in [0.717, 1.165) is 15.6 Å². The maximum absolute atomic E-state index is 10.0. The minimum atomic E-state index is -0.355. The first-order valence-corrected chi connectivity index (χ1v) is 6.35. The second-order valence-corrected chi connectivity index (χ2v) is 4.96. The Labute approximate surface area is 109 Å². The Morgan fingerprint density at radius 3 is 2.47 bits per heavy atom. The molecule has 2 aromatic rings. The normalized spacial score (nSPS) is 12.4. The molecule has 17 heavy (non-hydrogen) atoms. The lowest BCUT2D eigenvalue weighted by Gasteiger charge is -2.10. The second-order valence-electron chi connectivity index (χ2n) is 4.05. The summed E-state index contributed by atoms with van der Waals surface area (Å²) >= 11 is 3.43. The molecule has 0 aliphatic carbocycles. The standard InChI is InChI=1S/C14H14BrNO/c15-13-3-1-2-12(8-13)10-14(17)9-11-4-6-16-7-5-11/h1-8,14,17H,9-10H2. The Morgan fingerprint density at radius 1 is 1.06 bits per heavy atom. The predicted molar refractivity (Wildman–Crippen MR) is 71.8 cm³/mol. The van der Waals surface area contributed by atoms with E-state index in [2.05, 4.69) is 20.9 Å². The van der Waals surface area contributed by atoms with E-state index in [1.54, 1.807) is 12.4 Å². The number of aliphatic hydroxyl groups is 1. The van der Waals surface area contributed by atoms with Crippen LogP contribution in [0.3, 0.4) is 0 Å². The van der Waals surface area contributed by atoms with E-state index >= 15 is 0 Å². The van der Waals surface area contributed by atoms with Gasteiger partial charge in [-0.3, -0.25) is 4.98 Å².